The van der Waals surface area contributed by atoms with Crippen LogP contribution in [0.25, 0.3) is 0 Å². The molecule has 0 saturated carbocycles. The number of hydrogen-bond acceptors (Lipinski definition) is 4. The summed E-state index contributed by atoms with van der Waals surface area (Å²) >= 11 is 3.45. The zero-order chi connectivity index (χ0) is 18.1. The highest BCUT2D eigenvalue weighted by Gasteiger charge is 2.31. The van der Waals surface area contributed by atoms with Gasteiger partial charge in [0, 0.05) is 0 Å². The quantitative estimate of drug-likeness (QED) is 0.447. The summed E-state index contributed by atoms with van der Waals surface area (Å²) in [7, 11) is 0. The van der Waals surface area contributed by atoms with E-state index in [4.69, 9.17) is 4.74 Å². The van der Waals surface area contributed by atoms with E-state index in [9.17, 15) is 0 Å². The number of ether oxygens (including phenoxy) is 1. The molecule has 0 amide bonds. The van der Waals surface area contributed by atoms with Crippen molar-refractivity contribution in [2.45, 2.75) is 22.8 Å². The Morgan fingerprint density at radius 3 is 1.77 bits per heavy atom. The third kappa shape index (κ3) is 2.87. The van der Waals surface area contributed by atoms with Crippen LogP contribution in [0.1, 0.15) is 18.5 Å². The van der Waals surface area contributed by atoms with Gasteiger partial charge in [-0.15, -0.1) is 23.5 Å². The van der Waals surface area contributed by atoms with Gasteiger partial charge in [0.2, 0.25) is 0 Å². The smallest absolute Gasteiger partial charge is 0.164 e. The van der Waals surface area contributed by atoms with Crippen LogP contribution < -0.4 is 9.64 Å². The van der Waals surface area contributed by atoms with Crippen LogP contribution in [0.5, 0.6) is 11.5 Å². The highest BCUT2D eigenvalue weighted by molar-refractivity contribution is 7.99. The third-order valence-corrected chi connectivity index (χ3v) is 6.27. The van der Waals surface area contributed by atoms with E-state index in [1.54, 1.807) is 23.5 Å². The molecule has 1 atom stereocenters. The summed E-state index contributed by atoms with van der Waals surface area (Å²) in [5, 5.41) is 0. The summed E-state index contributed by atoms with van der Waals surface area (Å²) in [4.78, 5) is 4.73. The van der Waals surface area contributed by atoms with Gasteiger partial charge < -0.3 is 9.64 Å². The summed E-state index contributed by atoms with van der Waals surface area (Å²) in [6, 6.07) is 23.6. The van der Waals surface area contributed by atoms with Crippen molar-refractivity contribution in [1.29, 1.82) is 0 Å². The minimum absolute atomic E-state index is 0.201. The molecular weight excluding hydrogens is 358 g/mol. The van der Waals surface area contributed by atoms with Gasteiger partial charge in [-0.1, -0.05) is 42.5 Å². The van der Waals surface area contributed by atoms with E-state index in [2.05, 4.69) is 91.1 Å². The molecule has 0 aromatic heterocycles. The number of anilines is 2. The Balaban J connectivity index is 1.94. The molecule has 0 spiro atoms. The topological polar surface area (TPSA) is 12.5 Å². The fourth-order valence-electron chi connectivity index (χ4n) is 3.44. The Bertz CT molecular complexity index is 873. The molecule has 4 heteroatoms. The predicted octanol–water partition coefficient (Wildman–Crippen LogP) is 7.14. The lowest BCUT2D eigenvalue weighted by Gasteiger charge is -2.38. The molecule has 0 fully saturated rings. The molecule has 1 aliphatic heterocycles. The van der Waals surface area contributed by atoms with Crippen molar-refractivity contribution in [3.8, 4) is 11.5 Å². The molecule has 0 N–H and O–H groups in total. The highest BCUT2D eigenvalue weighted by atomic mass is 32.2. The van der Waals surface area contributed by atoms with E-state index < -0.39 is 0 Å². The van der Waals surface area contributed by atoms with Gasteiger partial charge in [0.05, 0.1) is 27.2 Å². The van der Waals surface area contributed by atoms with Crippen LogP contribution in [0.4, 0.5) is 11.4 Å². The number of rotatable bonds is 4. The number of fused-ring (bicyclic) bond motifs is 2. The van der Waals surface area contributed by atoms with Crippen molar-refractivity contribution in [2.75, 3.05) is 17.4 Å². The molecule has 0 aliphatic carbocycles. The van der Waals surface area contributed by atoms with Gasteiger partial charge in [0.15, 0.2) is 11.5 Å². The first-order valence-corrected chi connectivity index (χ1v) is 11.1. The van der Waals surface area contributed by atoms with E-state index in [1.165, 1.54) is 5.56 Å². The van der Waals surface area contributed by atoms with Gasteiger partial charge in [-0.2, -0.15) is 0 Å². The maximum atomic E-state index is 6.45. The molecule has 1 heterocycles. The average molecular weight is 380 g/mol. The zero-order valence-corrected chi connectivity index (χ0v) is 16.7. The lowest BCUT2D eigenvalue weighted by molar-refractivity contribution is 0.447. The second-order valence-electron chi connectivity index (χ2n) is 6.18. The van der Waals surface area contributed by atoms with Crippen LogP contribution in [0, 0.1) is 0 Å². The summed E-state index contributed by atoms with van der Waals surface area (Å²) < 4.78 is 6.45. The molecule has 0 radical (unpaired) electrons. The van der Waals surface area contributed by atoms with E-state index in [-0.39, 0.29) is 6.04 Å². The Labute approximate surface area is 163 Å². The lowest BCUT2D eigenvalue weighted by Crippen LogP contribution is -2.25. The third-order valence-electron chi connectivity index (χ3n) is 4.75. The van der Waals surface area contributed by atoms with E-state index >= 15 is 0 Å². The van der Waals surface area contributed by atoms with E-state index in [0.29, 0.717) is 0 Å². The summed E-state index contributed by atoms with van der Waals surface area (Å²) in [6.07, 6.45) is 4.19. The largest absolute Gasteiger partial charge is 0.451 e. The molecule has 26 heavy (non-hydrogen) atoms. The molecule has 3 aromatic carbocycles. The molecule has 132 valence electrons. The average Bonchev–Trinajstić information content (AvgIpc) is 2.71. The highest BCUT2D eigenvalue weighted by Crippen LogP contribution is 2.55. The van der Waals surface area contributed by atoms with Crippen molar-refractivity contribution < 1.29 is 4.74 Å². The standard InChI is InChI=1S/C22H21NOS2/c1-15(16-9-5-4-6-10-16)23-17-11-7-13-19(25-2)21(17)24-22-18(23)12-8-14-20(22)26-3/h4-15H,1-3H3. The number of para-hydroxylation sites is 2. The first-order valence-electron chi connectivity index (χ1n) is 8.60. The minimum atomic E-state index is 0.201. The Kier molecular flexibility index (Phi) is 4.88. The summed E-state index contributed by atoms with van der Waals surface area (Å²) in [6.45, 7) is 2.26. The second-order valence-corrected chi connectivity index (χ2v) is 7.87. The SMILES string of the molecule is CSc1cccc2c1Oc1c(SC)cccc1N2C(C)c1ccccc1. The van der Waals surface area contributed by atoms with Gasteiger partial charge in [-0.05, 0) is 49.3 Å². The van der Waals surface area contributed by atoms with Crippen molar-refractivity contribution in [3.63, 3.8) is 0 Å². The molecule has 2 nitrogen and oxygen atoms in total. The van der Waals surface area contributed by atoms with Gasteiger partial charge in [-0.3, -0.25) is 0 Å². The molecule has 0 bridgehead atoms. The molecular formula is C22H21NOS2. The van der Waals surface area contributed by atoms with Gasteiger partial charge in [0.25, 0.3) is 0 Å². The zero-order valence-electron chi connectivity index (χ0n) is 15.1. The maximum absolute atomic E-state index is 6.45. The fraction of sp³-hybridized carbons (Fsp3) is 0.182. The number of thioether (sulfide) groups is 2. The lowest BCUT2D eigenvalue weighted by atomic mass is 10.0. The monoisotopic (exact) mass is 379 g/mol. The molecule has 4 rings (SSSR count). The first-order chi connectivity index (χ1) is 12.7. The first kappa shape index (κ1) is 17.4. The van der Waals surface area contributed by atoms with E-state index in [1.807, 2.05) is 0 Å². The predicted molar refractivity (Wildman–Crippen MR) is 114 cm³/mol. The molecule has 0 saturated heterocycles. The number of nitrogens with zero attached hydrogens (tertiary/aromatic N) is 1. The van der Waals surface area contributed by atoms with Gasteiger partial charge in [0.1, 0.15) is 0 Å². The van der Waals surface area contributed by atoms with Crippen LogP contribution >= 0.6 is 23.5 Å². The molecule has 1 aliphatic rings. The molecule has 1 unspecified atom stereocenters. The normalized spacial score (nSPS) is 13.6. The number of hydrogen-bond donors (Lipinski definition) is 0. The Morgan fingerprint density at radius 2 is 1.27 bits per heavy atom. The maximum Gasteiger partial charge on any atom is 0.164 e. The Morgan fingerprint density at radius 1 is 0.731 bits per heavy atom. The summed E-state index contributed by atoms with van der Waals surface area (Å²) in [5.74, 6) is 1.91. The van der Waals surface area contributed by atoms with Crippen LogP contribution in [-0.2, 0) is 0 Å². The van der Waals surface area contributed by atoms with Crippen molar-refractivity contribution in [3.05, 3.63) is 72.3 Å². The van der Waals surface area contributed by atoms with Crippen LogP contribution in [0.2, 0.25) is 0 Å². The Hall–Kier alpha value is -2.04. The van der Waals surface area contributed by atoms with Gasteiger partial charge >= 0.3 is 0 Å². The van der Waals surface area contributed by atoms with Crippen molar-refractivity contribution in [1.82, 2.24) is 0 Å². The van der Waals surface area contributed by atoms with Crippen LogP contribution in [-0.4, -0.2) is 12.5 Å². The van der Waals surface area contributed by atoms with Crippen molar-refractivity contribution >= 4 is 34.9 Å². The second kappa shape index (κ2) is 7.29. The van der Waals surface area contributed by atoms with Crippen LogP contribution in [0.15, 0.2) is 76.5 Å². The fourth-order valence-corrected chi connectivity index (χ4v) is 4.54. The summed E-state index contributed by atoms with van der Waals surface area (Å²) in [5.41, 5.74) is 3.54. The van der Waals surface area contributed by atoms with Gasteiger partial charge in [-0.25, -0.2) is 0 Å². The van der Waals surface area contributed by atoms with Crippen LogP contribution in [0.3, 0.4) is 0 Å². The number of benzene rings is 3. The molecule has 3 aromatic rings. The van der Waals surface area contributed by atoms with Crippen molar-refractivity contribution in [2.24, 2.45) is 0 Å². The van der Waals surface area contributed by atoms with E-state index in [0.717, 1.165) is 32.7 Å². The minimum Gasteiger partial charge on any atom is -0.451 e.